The number of imidazole rings is 1. The highest BCUT2D eigenvalue weighted by molar-refractivity contribution is 7.89. The van der Waals surface area contributed by atoms with Gasteiger partial charge in [0, 0.05) is 32.7 Å². The van der Waals surface area contributed by atoms with Crippen molar-refractivity contribution in [3.8, 4) is 0 Å². The van der Waals surface area contributed by atoms with Crippen molar-refractivity contribution in [3.05, 3.63) is 53.3 Å². The fourth-order valence-electron chi connectivity index (χ4n) is 3.22. The number of nitrogens with zero attached hydrogens (tertiary/aromatic N) is 3. The molecular weight excluding hydrogens is 445 g/mol. The minimum atomic E-state index is -4.77. The number of fused-ring (bicyclic) bond motifs is 1. The molecule has 1 heterocycles. The fourth-order valence-corrected chi connectivity index (χ4v) is 4.14. The molecule has 3 rings (SSSR count). The molecule has 11 heteroatoms. The first-order valence-corrected chi connectivity index (χ1v) is 11.1. The summed E-state index contributed by atoms with van der Waals surface area (Å²) >= 11 is 0. The lowest BCUT2D eigenvalue weighted by Crippen LogP contribution is -2.22. The van der Waals surface area contributed by atoms with Crippen molar-refractivity contribution in [3.63, 3.8) is 0 Å². The Labute approximate surface area is 183 Å². The summed E-state index contributed by atoms with van der Waals surface area (Å²) in [6.07, 6.45) is -5.00. The lowest BCUT2D eigenvalue weighted by Gasteiger charge is -2.13. The normalized spacial score (nSPS) is 12.5. The Bertz CT molecular complexity index is 1280. The Kier molecular flexibility index (Phi) is 6.34. The Hall–Kier alpha value is -2.92. The van der Waals surface area contributed by atoms with Gasteiger partial charge in [0.05, 0.1) is 15.9 Å². The van der Waals surface area contributed by atoms with Gasteiger partial charge < -0.3 is 9.88 Å². The Balaban J connectivity index is 1.92. The zero-order chi connectivity index (χ0) is 23.8. The second-order valence-electron chi connectivity index (χ2n) is 7.64. The number of rotatable bonds is 6. The molecule has 0 aliphatic carbocycles. The SMILES string of the molecule is Cc1ccc(C)c(NC(=O)CCn2c(C(F)(F)F)nc3cc(S(=O)(=O)N(C)C)ccc32)c1. The summed E-state index contributed by atoms with van der Waals surface area (Å²) in [6, 6.07) is 9.13. The summed E-state index contributed by atoms with van der Waals surface area (Å²) in [6.45, 7) is 3.41. The van der Waals surface area contributed by atoms with Gasteiger partial charge >= 0.3 is 6.18 Å². The number of carbonyl (C=O) groups is 1. The van der Waals surface area contributed by atoms with E-state index in [-0.39, 0.29) is 28.9 Å². The molecule has 1 N–H and O–H groups in total. The lowest BCUT2D eigenvalue weighted by atomic mass is 10.1. The maximum Gasteiger partial charge on any atom is 0.449 e. The van der Waals surface area contributed by atoms with Crippen molar-refractivity contribution < 1.29 is 26.4 Å². The van der Waals surface area contributed by atoms with E-state index in [2.05, 4.69) is 10.3 Å². The number of nitrogens with one attached hydrogen (secondary N) is 1. The highest BCUT2D eigenvalue weighted by atomic mass is 32.2. The largest absolute Gasteiger partial charge is 0.449 e. The number of aromatic nitrogens is 2. The minimum Gasteiger partial charge on any atom is -0.326 e. The van der Waals surface area contributed by atoms with E-state index < -0.39 is 27.9 Å². The van der Waals surface area contributed by atoms with Crippen LogP contribution in [0.25, 0.3) is 11.0 Å². The Morgan fingerprint density at radius 2 is 1.81 bits per heavy atom. The zero-order valence-corrected chi connectivity index (χ0v) is 18.8. The van der Waals surface area contributed by atoms with Crippen LogP contribution in [0.2, 0.25) is 0 Å². The van der Waals surface area contributed by atoms with E-state index in [1.54, 1.807) is 6.07 Å². The van der Waals surface area contributed by atoms with Crippen LogP contribution in [0, 0.1) is 13.8 Å². The number of hydrogen-bond donors (Lipinski definition) is 1. The number of sulfonamides is 1. The van der Waals surface area contributed by atoms with E-state index in [0.717, 1.165) is 26.1 Å². The van der Waals surface area contributed by atoms with Gasteiger partial charge in [-0.15, -0.1) is 0 Å². The second kappa shape index (κ2) is 8.55. The predicted octanol–water partition coefficient (Wildman–Crippen LogP) is 3.95. The van der Waals surface area contributed by atoms with Crippen molar-refractivity contribution in [1.29, 1.82) is 0 Å². The van der Waals surface area contributed by atoms with Crippen molar-refractivity contribution in [2.75, 3.05) is 19.4 Å². The van der Waals surface area contributed by atoms with Gasteiger partial charge in [-0.1, -0.05) is 12.1 Å². The Morgan fingerprint density at radius 3 is 2.44 bits per heavy atom. The third-order valence-corrected chi connectivity index (χ3v) is 6.79. The quantitative estimate of drug-likeness (QED) is 0.594. The number of halogens is 3. The highest BCUT2D eigenvalue weighted by Crippen LogP contribution is 2.32. The van der Waals surface area contributed by atoms with Crippen LogP contribution in [0.3, 0.4) is 0 Å². The predicted molar refractivity (Wildman–Crippen MR) is 115 cm³/mol. The summed E-state index contributed by atoms with van der Waals surface area (Å²) in [4.78, 5) is 15.9. The summed E-state index contributed by atoms with van der Waals surface area (Å²) in [5.41, 5.74) is 2.35. The minimum absolute atomic E-state index is 0.0922. The number of hydrogen-bond acceptors (Lipinski definition) is 4. The van der Waals surface area contributed by atoms with Gasteiger partial charge in [0.2, 0.25) is 21.8 Å². The topological polar surface area (TPSA) is 84.3 Å². The molecule has 2 aromatic carbocycles. The average molecular weight is 469 g/mol. The molecule has 0 unspecified atom stereocenters. The number of alkyl halides is 3. The molecule has 1 aromatic heterocycles. The van der Waals surface area contributed by atoms with Crippen LogP contribution in [0.4, 0.5) is 18.9 Å². The molecule has 0 radical (unpaired) electrons. The van der Waals surface area contributed by atoms with E-state index in [9.17, 15) is 26.4 Å². The molecule has 1 amide bonds. The molecule has 0 atom stereocenters. The van der Waals surface area contributed by atoms with Crippen LogP contribution in [0.5, 0.6) is 0 Å². The highest BCUT2D eigenvalue weighted by Gasteiger charge is 2.38. The molecular formula is C21H23F3N4O3S. The average Bonchev–Trinajstić information content (AvgIpc) is 3.07. The second-order valence-corrected chi connectivity index (χ2v) is 9.79. The molecule has 0 spiro atoms. The van der Waals surface area contributed by atoms with E-state index in [0.29, 0.717) is 5.69 Å². The maximum absolute atomic E-state index is 13.6. The van der Waals surface area contributed by atoms with Crippen molar-refractivity contribution in [2.45, 2.75) is 37.9 Å². The molecule has 7 nitrogen and oxygen atoms in total. The van der Waals surface area contributed by atoms with Gasteiger partial charge in [0.25, 0.3) is 0 Å². The monoisotopic (exact) mass is 468 g/mol. The number of benzene rings is 2. The first-order valence-electron chi connectivity index (χ1n) is 9.68. The maximum atomic E-state index is 13.6. The van der Waals surface area contributed by atoms with Crippen LogP contribution < -0.4 is 5.32 Å². The van der Waals surface area contributed by atoms with Gasteiger partial charge in [-0.25, -0.2) is 17.7 Å². The first kappa shape index (κ1) is 23.7. The van der Waals surface area contributed by atoms with E-state index in [1.807, 2.05) is 26.0 Å². The number of anilines is 1. The smallest absolute Gasteiger partial charge is 0.326 e. The molecule has 0 fully saturated rings. The summed E-state index contributed by atoms with van der Waals surface area (Å²) in [5.74, 6) is -1.63. The van der Waals surface area contributed by atoms with Crippen molar-refractivity contribution in [1.82, 2.24) is 13.9 Å². The van der Waals surface area contributed by atoms with E-state index in [1.165, 1.54) is 26.2 Å². The molecule has 32 heavy (non-hydrogen) atoms. The van der Waals surface area contributed by atoms with Crippen LogP contribution in [-0.2, 0) is 27.5 Å². The standard InChI is InChI=1S/C21H23F3N4O3S/c1-13-5-6-14(2)16(11-13)25-19(29)9-10-28-18-8-7-15(32(30,31)27(3)4)12-17(18)26-20(28)21(22,23)24/h5-8,11-12H,9-10H2,1-4H3,(H,25,29). The number of aryl methyl sites for hydroxylation is 3. The Morgan fingerprint density at radius 1 is 1.12 bits per heavy atom. The fraction of sp³-hybridized carbons (Fsp3) is 0.333. The van der Waals surface area contributed by atoms with Gasteiger partial charge in [-0.05, 0) is 49.2 Å². The van der Waals surface area contributed by atoms with Gasteiger partial charge in [0.15, 0.2) is 0 Å². The van der Waals surface area contributed by atoms with E-state index >= 15 is 0 Å². The molecule has 0 aliphatic heterocycles. The number of amides is 1. The van der Waals surface area contributed by atoms with Gasteiger partial charge in [-0.3, -0.25) is 4.79 Å². The summed E-state index contributed by atoms with van der Waals surface area (Å²) < 4.78 is 67.3. The van der Waals surface area contributed by atoms with Crippen LogP contribution in [0.15, 0.2) is 41.3 Å². The number of carbonyl (C=O) groups excluding carboxylic acids is 1. The van der Waals surface area contributed by atoms with Crippen LogP contribution in [0.1, 0.15) is 23.4 Å². The van der Waals surface area contributed by atoms with Crippen LogP contribution in [-0.4, -0.2) is 42.3 Å². The van der Waals surface area contributed by atoms with Gasteiger partial charge in [-0.2, -0.15) is 13.2 Å². The molecule has 0 bridgehead atoms. The zero-order valence-electron chi connectivity index (χ0n) is 18.0. The van der Waals surface area contributed by atoms with Crippen molar-refractivity contribution >= 4 is 32.7 Å². The third kappa shape index (κ3) is 4.78. The summed E-state index contributed by atoms with van der Waals surface area (Å²) in [7, 11) is -1.18. The van der Waals surface area contributed by atoms with Crippen molar-refractivity contribution in [2.24, 2.45) is 0 Å². The van der Waals surface area contributed by atoms with Crippen LogP contribution >= 0.6 is 0 Å². The molecule has 0 saturated carbocycles. The van der Waals surface area contributed by atoms with E-state index in [4.69, 9.17) is 0 Å². The van der Waals surface area contributed by atoms with Gasteiger partial charge in [0.1, 0.15) is 0 Å². The first-order chi connectivity index (χ1) is 14.8. The molecule has 3 aromatic rings. The molecule has 0 aliphatic rings. The molecule has 0 saturated heterocycles. The summed E-state index contributed by atoms with van der Waals surface area (Å²) in [5, 5.41) is 2.72. The molecule has 172 valence electrons. The third-order valence-electron chi connectivity index (χ3n) is 4.98. The lowest BCUT2D eigenvalue weighted by molar-refractivity contribution is -0.147.